The molecule has 1 unspecified atom stereocenters. The van der Waals surface area contributed by atoms with Crippen LogP contribution in [0.25, 0.3) is 0 Å². The molecule has 0 saturated carbocycles. The molecule has 0 aliphatic carbocycles. The molecule has 0 heterocycles. The van der Waals surface area contributed by atoms with Crippen LogP contribution in [0.5, 0.6) is 0 Å². The van der Waals surface area contributed by atoms with Gasteiger partial charge in [-0.1, -0.05) is 65.6 Å². The first-order chi connectivity index (χ1) is 8.99. The summed E-state index contributed by atoms with van der Waals surface area (Å²) in [4.78, 5) is -0.188. The fourth-order valence-corrected chi connectivity index (χ4v) is 2.77. The molecule has 19 heavy (non-hydrogen) atoms. The standard InChI is InChI=1S/C16H15BrClF/c1-10(2)11-3-5-12(6-4-11)16(17)14-9-13(18)7-8-15(14)19/h3-10,16H,1-2H3. The summed E-state index contributed by atoms with van der Waals surface area (Å²) in [5.74, 6) is 0.241. The molecule has 0 aliphatic rings. The molecule has 0 amide bonds. The number of alkyl halides is 1. The molecule has 0 spiro atoms. The average Bonchev–Trinajstić information content (AvgIpc) is 2.41. The Morgan fingerprint density at radius 3 is 2.16 bits per heavy atom. The number of rotatable bonds is 3. The molecule has 0 aliphatic heterocycles. The molecule has 0 N–H and O–H groups in total. The Morgan fingerprint density at radius 1 is 1.00 bits per heavy atom. The van der Waals surface area contributed by atoms with Crippen molar-refractivity contribution in [1.82, 2.24) is 0 Å². The topological polar surface area (TPSA) is 0 Å². The van der Waals surface area contributed by atoms with E-state index in [1.165, 1.54) is 11.6 Å². The Bertz CT molecular complexity index is 563. The normalized spacial score (nSPS) is 12.7. The molecule has 1 atom stereocenters. The van der Waals surface area contributed by atoms with Gasteiger partial charge in [-0.3, -0.25) is 0 Å². The third-order valence-corrected chi connectivity index (χ3v) is 4.38. The van der Waals surface area contributed by atoms with Gasteiger partial charge in [-0.05, 0) is 35.2 Å². The third-order valence-electron chi connectivity index (χ3n) is 3.13. The van der Waals surface area contributed by atoms with Gasteiger partial charge < -0.3 is 0 Å². The first kappa shape index (κ1) is 14.5. The lowest BCUT2D eigenvalue weighted by molar-refractivity contribution is 0.613. The summed E-state index contributed by atoms with van der Waals surface area (Å²) >= 11 is 9.47. The largest absolute Gasteiger partial charge is 0.207 e. The van der Waals surface area contributed by atoms with Crippen LogP contribution in [0, 0.1) is 5.82 Å². The minimum absolute atomic E-state index is 0.188. The van der Waals surface area contributed by atoms with Crippen molar-refractivity contribution >= 4 is 27.5 Å². The zero-order valence-corrected chi connectivity index (χ0v) is 13.2. The first-order valence-corrected chi connectivity index (χ1v) is 7.47. The van der Waals surface area contributed by atoms with Crippen LogP contribution < -0.4 is 0 Å². The number of hydrogen-bond acceptors (Lipinski definition) is 0. The summed E-state index contributed by atoms with van der Waals surface area (Å²) in [7, 11) is 0. The van der Waals surface area contributed by atoms with E-state index in [0.29, 0.717) is 16.5 Å². The molecule has 0 aromatic heterocycles. The van der Waals surface area contributed by atoms with Crippen LogP contribution in [0.1, 0.15) is 41.3 Å². The van der Waals surface area contributed by atoms with Crippen LogP contribution in [-0.2, 0) is 0 Å². The predicted molar refractivity (Wildman–Crippen MR) is 82.7 cm³/mol. The molecule has 0 fully saturated rings. The zero-order chi connectivity index (χ0) is 14.0. The van der Waals surface area contributed by atoms with Crippen molar-refractivity contribution in [1.29, 1.82) is 0 Å². The van der Waals surface area contributed by atoms with Gasteiger partial charge in [-0.2, -0.15) is 0 Å². The molecule has 0 nitrogen and oxygen atoms in total. The average molecular weight is 342 g/mol. The Kier molecular flexibility index (Phi) is 4.64. The molecule has 0 saturated heterocycles. The zero-order valence-electron chi connectivity index (χ0n) is 10.8. The highest BCUT2D eigenvalue weighted by Gasteiger charge is 2.15. The fourth-order valence-electron chi connectivity index (χ4n) is 1.94. The van der Waals surface area contributed by atoms with E-state index in [2.05, 4.69) is 41.9 Å². The molecule has 2 aromatic carbocycles. The maximum atomic E-state index is 13.8. The highest BCUT2D eigenvalue weighted by Crippen LogP contribution is 2.34. The third kappa shape index (κ3) is 3.37. The van der Waals surface area contributed by atoms with Gasteiger partial charge in [-0.25, -0.2) is 4.39 Å². The van der Waals surface area contributed by atoms with Crippen LogP contribution in [0.15, 0.2) is 42.5 Å². The van der Waals surface area contributed by atoms with Crippen LogP contribution >= 0.6 is 27.5 Å². The molecule has 0 radical (unpaired) electrons. The maximum absolute atomic E-state index is 13.8. The van der Waals surface area contributed by atoms with E-state index in [9.17, 15) is 4.39 Å². The highest BCUT2D eigenvalue weighted by atomic mass is 79.9. The molecule has 2 aromatic rings. The first-order valence-electron chi connectivity index (χ1n) is 6.18. The second kappa shape index (κ2) is 6.06. The minimum Gasteiger partial charge on any atom is -0.207 e. The van der Waals surface area contributed by atoms with Gasteiger partial charge in [0.1, 0.15) is 5.82 Å². The second-order valence-electron chi connectivity index (χ2n) is 4.85. The van der Waals surface area contributed by atoms with E-state index >= 15 is 0 Å². The van der Waals surface area contributed by atoms with Crippen LogP contribution in [0.2, 0.25) is 5.02 Å². The van der Waals surface area contributed by atoms with E-state index in [1.807, 2.05) is 12.1 Å². The lowest BCUT2D eigenvalue weighted by Gasteiger charge is -2.13. The van der Waals surface area contributed by atoms with Crippen molar-refractivity contribution in [3.63, 3.8) is 0 Å². The van der Waals surface area contributed by atoms with Crippen LogP contribution in [-0.4, -0.2) is 0 Å². The van der Waals surface area contributed by atoms with Crippen molar-refractivity contribution in [3.05, 3.63) is 70.0 Å². The molecular weight excluding hydrogens is 327 g/mol. The quantitative estimate of drug-likeness (QED) is 0.593. The van der Waals surface area contributed by atoms with Crippen molar-refractivity contribution in [2.24, 2.45) is 0 Å². The van der Waals surface area contributed by atoms with E-state index in [1.54, 1.807) is 12.1 Å². The monoisotopic (exact) mass is 340 g/mol. The number of hydrogen-bond donors (Lipinski definition) is 0. The van der Waals surface area contributed by atoms with Crippen molar-refractivity contribution in [2.45, 2.75) is 24.6 Å². The summed E-state index contributed by atoms with van der Waals surface area (Å²) in [6, 6.07) is 12.8. The van der Waals surface area contributed by atoms with Gasteiger partial charge in [-0.15, -0.1) is 0 Å². The Hall–Kier alpha value is -0.860. The van der Waals surface area contributed by atoms with Gasteiger partial charge in [0.2, 0.25) is 0 Å². The molecule has 3 heteroatoms. The molecule has 2 rings (SSSR count). The van der Waals surface area contributed by atoms with Gasteiger partial charge in [0, 0.05) is 10.6 Å². The van der Waals surface area contributed by atoms with E-state index in [-0.39, 0.29) is 10.6 Å². The van der Waals surface area contributed by atoms with Gasteiger partial charge in [0.15, 0.2) is 0 Å². The van der Waals surface area contributed by atoms with Crippen molar-refractivity contribution in [2.75, 3.05) is 0 Å². The number of halogens is 3. The Labute approximate surface area is 126 Å². The van der Waals surface area contributed by atoms with Gasteiger partial charge in [0.05, 0.1) is 4.83 Å². The van der Waals surface area contributed by atoms with E-state index in [0.717, 1.165) is 5.56 Å². The summed E-state index contributed by atoms with van der Waals surface area (Å²) in [5, 5.41) is 0.541. The highest BCUT2D eigenvalue weighted by molar-refractivity contribution is 9.09. The molecule has 100 valence electrons. The molecule has 0 bridgehead atoms. The van der Waals surface area contributed by atoms with E-state index < -0.39 is 0 Å². The smallest absolute Gasteiger partial charge is 0.127 e. The van der Waals surface area contributed by atoms with Gasteiger partial charge >= 0.3 is 0 Å². The summed E-state index contributed by atoms with van der Waals surface area (Å²) in [6.07, 6.45) is 0. The lowest BCUT2D eigenvalue weighted by atomic mass is 9.98. The second-order valence-corrected chi connectivity index (χ2v) is 6.20. The maximum Gasteiger partial charge on any atom is 0.127 e. The van der Waals surface area contributed by atoms with Crippen molar-refractivity contribution < 1.29 is 4.39 Å². The lowest BCUT2D eigenvalue weighted by Crippen LogP contribution is -1.97. The summed E-state index contributed by atoms with van der Waals surface area (Å²) < 4.78 is 13.8. The van der Waals surface area contributed by atoms with Crippen molar-refractivity contribution in [3.8, 4) is 0 Å². The fraction of sp³-hybridized carbons (Fsp3) is 0.250. The van der Waals surface area contributed by atoms with Gasteiger partial charge in [0.25, 0.3) is 0 Å². The van der Waals surface area contributed by atoms with E-state index in [4.69, 9.17) is 11.6 Å². The minimum atomic E-state index is -0.251. The van der Waals surface area contributed by atoms with Crippen LogP contribution in [0.4, 0.5) is 4.39 Å². The van der Waals surface area contributed by atoms with Crippen LogP contribution in [0.3, 0.4) is 0 Å². The SMILES string of the molecule is CC(C)c1ccc(C(Br)c2cc(Cl)ccc2F)cc1. The summed E-state index contributed by atoms with van der Waals surface area (Å²) in [5.41, 5.74) is 2.85. The Morgan fingerprint density at radius 2 is 1.58 bits per heavy atom. The Balaban J connectivity index is 2.33. The number of benzene rings is 2. The molecular formula is C16H15BrClF. The predicted octanol–water partition coefficient (Wildman–Crippen LogP) is 6.09. The summed E-state index contributed by atoms with van der Waals surface area (Å²) in [6.45, 7) is 4.30.